The van der Waals surface area contributed by atoms with Gasteiger partial charge in [-0.25, -0.2) is 14.5 Å². The first-order valence-electron chi connectivity index (χ1n) is 8.85. The number of benzene rings is 1. The van der Waals surface area contributed by atoms with E-state index in [0.29, 0.717) is 11.7 Å². The van der Waals surface area contributed by atoms with Gasteiger partial charge in [0, 0.05) is 35.3 Å². The van der Waals surface area contributed by atoms with E-state index < -0.39 is 5.97 Å². The van der Waals surface area contributed by atoms with Gasteiger partial charge in [-0.2, -0.15) is 10.2 Å². The average Bonchev–Trinajstić information content (AvgIpc) is 3.41. The minimum Gasteiger partial charge on any atom is -0.461 e. The molecule has 0 saturated carbocycles. The van der Waals surface area contributed by atoms with Crippen LogP contribution in [0, 0.1) is 6.92 Å². The maximum Gasteiger partial charge on any atom is 0.357 e. The molecule has 0 aliphatic carbocycles. The van der Waals surface area contributed by atoms with Gasteiger partial charge >= 0.3 is 5.97 Å². The summed E-state index contributed by atoms with van der Waals surface area (Å²) in [6.07, 6.45) is 3.74. The Labute approximate surface area is 166 Å². The van der Waals surface area contributed by atoms with Gasteiger partial charge in [-0.15, -0.1) is 11.3 Å². The van der Waals surface area contributed by atoms with Gasteiger partial charge in [0.15, 0.2) is 5.69 Å². The first kappa shape index (κ1) is 18.1. The van der Waals surface area contributed by atoms with Gasteiger partial charge in [-0.3, -0.25) is 4.68 Å². The van der Waals surface area contributed by atoms with Gasteiger partial charge in [0.05, 0.1) is 24.2 Å². The summed E-state index contributed by atoms with van der Waals surface area (Å²) in [5.41, 5.74) is 5.03. The molecular formula is C20H19N5O2S. The van der Waals surface area contributed by atoms with E-state index in [0.717, 1.165) is 28.1 Å². The minimum absolute atomic E-state index is 0.286. The third kappa shape index (κ3) is 3.22. The summed E-state index contributed by atoms with van der Waals surface area (Å²) in [7, 11) is 1.87. The molecule has 3 heterocycles. The molecule has 0 unspecified atom stereocenters. The second-order valence-electron chi connectivity index (χ2n) is 6.24. The molecule has 4 aromatic rings. The van der Waals surface area contributed by atoms with E-state index in [1.54, 1.807) is 27.9 Å². The first-order chi connectivity index (χ1) is 13.6. The van der Waals surface area contributed by atoms with Crippen LogP contribution >= 0.6 is 11.3 Å². The summed E-state index contributed by atoms with van der Waals surface area (Å²) in [6, 6.07) is 10.0. The molecule has 0 aliphatic rings. The zero-order valence-corrected chi connectivity index (χ0v) is 16.6. The molecular weight excluding hydrogens is 374 g/mol. The number of carbonyl (C=O) groups excluding carboxylic acids is 1. The monoisotopic (exact) mass is 393 g/mol. The number of ether oxygens (including phenoxy) is 1. The van der Waals surface area contributed by atoms with E-state index in [2.05, 4.69) is 10.1 Å². The Morgan fingerprint density at radius 2 is 2.00 bits per heavy atom. The van der Waals surface area contributed by atoms with Crippen LogP contribution in [0.25, 0.3) is 27.6 Å². The van der Waals surface area contributed by atoms with Crippen molar-refractivity contribution in [1.82, 2.24) is 24.5 Å². The lowest BCUT2D eigenvalue weighted by molar-refractivity contribution is 0.0520. The Morgan fingerprint density at radius 1 is 1.21 bits per heavy atom. The third-order valence-corrected chi connectivity index (χ3v) is 5.12. The van der Waals surface area contributed by atoms with E-state index in [1.165, 1.54) is 11.3 Å². The molecule has 0 bridgehead atoms. The van der Waals surface area contributed by atoms with Gasteiger partial charge in [-0.1, -0.05) is 30.3 Å². The van der Waals surface area contributed by atoms with Crippen LogP contribution in [0.4, 0.5) is 0 Å². The summed E-state index contributed by atoms with van der Waals surface area (Å²) < 4.78 is 8.59. The fraction of sp³-hybridized carbons (Fsp3) is 0.200. The molecule has 28 heavy (non-hydrogen) atoms. The molecule has 3 aromatic heterocycles. The van der Waals surface area contributed by atoms with Crippen molar-refractivity contribution < 1.29 is 9.53 Å². The van der Waals surface area contributed by atoms with E-state index in [-0.39, 0.29) is 5.69 Å². The van der Waals surface area contributed by atoms with Crippen molar-refractivity contribution in [2.75, 3.05) is 6.61 Å². The zero-order chi connectivity index (χ0) is 19.7. The molecule has 0 atom stereocenters. The molecule has 0 N–H and O–H groups in total. The Bertz CT molecular complexity index is 1130. The Kier molecular flexibility index (Phi) is 4.79. The van der Waals surface area contributed by atoms with Crippen molar-refractivity contribution in [3.05, 3.63) is 59.4 Å². The molecule has 0 radical (unpaired) electrons. The molecule has 1 aromatic carbocycles. The van der Waals surface area contributed by atoms with Crippen molar-refractivity contribution in [2.24, 2.45) is 7.05 Å². The lowest BCUT2D eigenvalue weighted by Gasteiger charge is -2.03. The quantitative estimate of drug-likeness (QED) is 0.481. The van der Waals surface area contributed by atoms with Crippen LogP contribution in [0.1, 0.15) is 23.0 Å². The molecule has 7 nitrogen and oxygen atoms in total. The summed E-state index contributed by atoms with van der Waals surface area (Å²) >= 11 is 1.35. The lowest BCUT2D eigenvalue weighted by atomic mass is 10.1. The number of carbonyl (C=O) groups is 1. The summed E-state index contributed by atoms with van der Waals surface area (Å²) in [4.78, 5) is 16.5. The number of aromatic nitrogens is 5. The summed E-state index contributed by atoms with van der Waals surface area (Å²) in [5.74, 6) is -0.430. The van der Waals surface area contributed by atoms with Gasteiger partial charge in [-0.05, 0) is 13.8 Å². The number of thiazole rings is 1. The number of hydrogen-bond donors (Lipinski definition) is 0. The van der Waals surface area contributed by atoms with Gasteiger partial charge in [0.1, 0.15) is 0 Å². The molecule has 8 heteroatoms. The largest absolute Gasteiger partial charge is 0.461 e. The van der Waals surface area contributed by atoms with E-state index in [4.69, 9.17) is 9.84 Å². The Morgan fingerprint density at radius 3 is 2.68 bits per heavy atom. The number of rotatable bonds is 5. The second-order valence-corrected chi connectivity index (χ2v) is 7.08. The normalized spacial score (nSPS) is 11.0. The van der Waals surface area contributed by atoms with Crippen LogP contribution in [0.15, 0.2) is 48.1 Å². The predicted molar refractivity (Wildman–Crippen MR) is 108 cm³/mol. The van der Waals surface area contributed by atoms with Crippen LogP contribution in [-0.4, -0.2) is 37.1 Å². The van der Waals surface area contributed by atoms with Crippen LogP contribution in [-0.2, 0) is 11.8 Å². The molecule has 142 valence electrons. The smallest absolute Gasteiger partial charge is 0.357 e. The van der Waals surface area contributed by atoms with Crippen LogP contribution in [0.5, 0.6) is 0 Å². The Hall–Kier alpha value is -3.26. The van der Waals surface area contributed by atoms with Crippen molar-refractivity contribution in [3.63, 3.8) is 0 Å². The molecule has 0 aliphatic heterocycles. The fourth-order valence-corrected chi connectivity index (χ4v) is 3.80. The van der Waals surface area contributed by atoms with Gasteiger partial charge < -0.3 is 4.74 Å². The Balaban J connectivity index is 1.88. The highest BCUT2D eigenvalue weighted by atomic mass is 32.1. The molecule has 4 rings (SSSR count). The first-order valence-corrected chi connectivity index (χ1v) is 9.73. The second kappa shape index (κ2) is 7.40. The van der Waals surface area contributed by atoms with Crippen LogP contribution in [0.3, 0.4) is 0 Å². The SMILES string of the molecule is CCOC(=O)c1csc(-n2nc(-c3ccccc3)c(C)c2-c2cnn(C)c2)n1. The van der Waals surface area contributed by atoms with Gasteiger partial charge in [0.25, 0.3) is 0 Å². The predicted octanol–water partition coefficient (Wildman–Crippen LogP) is 3.88. The molecule has 0 saturated heterocycles. The van der Waals surface area contributed by atoms with Crippen molar-refractivity contribution >= 4 is 17.3 Å². The minimum atomic E-state index is -0.430. The summed E-state index contributed by atoms with van der Waals surface area (Å²) in [6.45, 7) is 4.12. The number of esters is 1. The zero-order valence-electron chi connectivity index (χ0n) is 15.8. The molecule has 0 amide bonds. The number of hydrogen-bond acceptors (Lipinski definition) is 6. The highest BCUT2D eigenvalue weighted by Crippen LogP contribution is 2.34. The van der Waals surface area contributed by atoms with E-state index >= 15 is 0 Å². The molecule has 0 fully saturated rings. The van der Waals surface area contributed by atoms with Crippen molar-refractivity contribution in [3.8, 4) is 27.6 Å². The maximum absolute atomic E-state index is 12.0. The standard InChI is InChI=1S/C20H19N5O2S/c1-4-27-19(26)16-12-28-20(22-16)25-18(15-10-21-24(3)11-15)13(2)17(23-25)14-8-6-5-7-9-14/h5-12H,4H2,1-3H3. The van der Waals surface area contributed by atoms with Crippen LogP contribution < -0.4 is 0 Å². The highest BCUT2D eigenvalue weighted by molar-refractivity contribution is 7.12. The van der Waals surface area contributed by atoms with Crippen LogP contribution in [0.2, 0.25) is 0 Å². The maximum atomic E-state index is 12.0. The van der Waals surface area contributed by atoms with Gasteiger partial charge in [0.2, 0.25) is 5.13 Å². The number of nitrogens with zero attached hydrogens (tertiary/aromatic N) is 5. The van der Waals surface area contributed by atoms with E-state index in [9.17, 15) is 4.79 Å². The topological polar surface area (TPSA) is 74.8 Å². The average molecular weight is 393 g/mol. The third-order valence-electron chi connectivity index (χ3n) is 4.31. The van der Waals surface area contributed by atoms with E-state index in [1.807, 2.05) is 50.5 Å². The highest BCUT2D eigenvalue weighted by Gasteiger charge is 2.22. The molecule has 0 spiro atoms. The summed E-state index contributed by atoms with van der Waals surface area (Å²) in [5, 5.41) is 11.4. The number of aryl methyl sites for hydroxylation is 1. The van der Waals surface area contributed by atoms with Crippen molar-refractivity contribution in [1.29, 1.82) is 0 Å². The lowest BCUT2D eigenvalue weighted by Crippen LogP contribution is -2.06. The van der Waals surface area contributed by atoms with Crippen molar-refractivity contribution in [2.45, 2.75) is 13.8 Å². The fourth-order valence-electron chi connectivity index (χ4n) is 3.05.